The van der Waals surface area contributed by atoms with Crippen molar-refractivity contribution < 1.29 is 0 Å². The molecule has 0 aliphatic carbocycles. The quantitative estimate of drug-likeness (QED) is 0.752. The summed E-state index contributed by atoms with van der Waals surface area (Å²) >= 11 is 3.56. The Kier molecular flexibility index (Phi) is 3.28. The summed E-state index contributed by atoms with van der Waals surface area (Å²) in [5, 5.41) is 7.17. The Morgan fingerprint density at radius 3 is 2.75 bits per heavy atom. The van der Waals surface area contributed by atoms with Gasteiger partial charge in [-0.15, -0.1) is 0 Å². The summed E-state index contributed by atoms with van der Waals surface area (Å²) in [5.41, 5.74) is 10.8. The van der Waals surface area contributed by atoms with Crippen LogP contribution in [0.25, 0.3) is 22.4 Å². The minimum absolute atomic E-state index is 0.487. The number of aromatic amines is 1. The van der Waals surface area contributed by atoms with E-state index in [9.17, 15) is 0 Å². The predicted molar refractivity (Wildman–Crippen MR) is 84.1 cm³/mol. The van der Waals surface area contributed by atoms with Crippen LogP contribution in [0, 0.1) is 6.92 Å². The number of nitrogens with two attached hydrogens (primary N) is 1. The molecule has 0 fully saturated rings. The smallest absolute Gasteiger partial charge is 0.153 e. The maximum Gasteiger partial charge on any atom is 0.153 e. The molecular formula is C15H13BrN4. The number of benzene rings is 1. The zero-order valence-corrected chi connectivity index (χ0v) is 12.5. The number of nitrogens with one attached hydrogen (secondary N) is 1. The largest absolute Gasteiger partial charge is 0.382 e. The topological polar surface area (TPSA) is 67.6 Å². The molecule has 0 bridgehead atoms. The Morgan fingerprint density at radius 1 is 1.20 bits per heavy atom. The van der Waals surface area contributed by atoms with E-state index in [4.69, 9.17) is 5.73 Å². The summed E-state index contributed by atoms with van der Waals surface area (Å²) in [6.45, 7) is 1.96. The molecule has 0 radical (unpaired) electrons. The van der Waals surface area contributed by atoms with Crippen LogP contribution < -0.4 is 5.73 Å². The number of aryl methyl sites for hydroxylation is 1. The monoisotopic (exact) mass is 328 g/mol. The molecule has 20 heavy (non-hydrogen) atoms. The van der Waals surface area contributed by atoms with Gasteiger partial charge in [-0.1, -0.05) is 34.1 Å². The van der Waals surface area contributed by atoms with Crippen LogP contribution in [0.15, 0.2) is 47.1 Å². The van der Waals surface area contributed by atoms with Crippen molar-refractivity contribution >= 4 is 21.7 Å². The summed E-state index contributed by atoms with van der Waals surface area (Å²) in [5.74, 6) is 0.487. The second-order valence-electron chi connectivity index (χ2n) is 4.52. The number of anilines is 1. The number of H-pyrrole nitrogens is 1. The number of pyridine rings is 1. The number of hydrogen-bond acceptors (Lipinski definition) is 3. The van der Waals surface area contributed by atoms with Crippen molar-refractivity contribution in [2.75, 3.05) is 5.73 Å². The van der Waals surface area contributed by atoms with Crippen LogP contribution in [0.5, 0.6) is 0 Å². The molecule has 0 aliphatic rings. The molecule has 0 saturated heterocycles. The van der Waals surface area contributed by atoms with Gasteiger partial charge in [0, 0.05) is 27.5 Å². The lowest BCUT2D eigenvalue weighted by molar-refractivity contribution is 1.10. The first-order valence-corrected chi connectivity index (χ1v) is 6.98. The minimum Gasteiger partial charge on any atom is -0.382 e. The highest BCUT2D eigenvalue weighted by Gasteiger charge is 2.16. The van der Waals surface area contributed by atoms with Gasteiger partial charge in [0.2, 0.25) is 0 Å². The highest BCUT2D eigenvalue weighted by molar-refractivity contribution is 9.10. The van der Waals surface area contributed by atoms with Gasteiger partial charge in [-0.05, 0) is 25.1 Å². The van der Waals surface area contributed by atoms with E-state index in [0.29, 0.717) is 5.82 Å². The van der Waals surface area contributed by atoms with Crippen LogP contribution in [0.4, 0.5) is 5.82 Å². The fraction of sp³-hybridized carbons (Fsp3) is 0.0667. The van der Waals surface area contributed by atoms with E-state index in [2.05, 4.69) is 31.1 Å². The van der Waals surface area contributed by atoms with Crippen molar-refractivity contribution in [2.45, 2.75) is 6.92 Å². The van der Waals surface area contributed by atoms with Gasteiger partial charge >= 0.3 is 0 Å². The van der Waals surface area contributed by atoms with Crippen molar-refractivity contribution in [3.8, 4) is 22.4 Å². The molecule has 0 amide bonds. The van der Waals surface area contributed by atoms with Crippen molar-refractivity contribution in [1.82, 2.24) is 15.2 Å². The Bertz CT molecular complexity index is 764. The predicted octanol–water partition coefficient (Wildman–Crippen LogP) is 3.79. The van der Waals surface area contributed by atoms with E-state index in [1.807, 2.05) is 43.3 Å². The highest BCUT2D eigenvalue weighted by Crippen LogP contribution is 2.38. The van der Waals surface area contributed by atoms with E-state index in [-0.39, 0.29) is 0 Å². The van der Waals surface area contributed by atoms with E-state index >= 15 is 0 Å². The van der Waals surface area contributed by atoms with Crippen LogP contribution in [-0.2, 0) is 0 Å². The molecule has 0 saturated carbocycles. The zero-order chi connectivity index (χ0) is 14.1. The van der Waals surface area contributed by atoms with Gasteiger partial charge in [0.05, 0.1) is 11.3 Å². The second-order valence-corrected chi connectivity index (χ2v) is 5.38. The van der Waals surface area contributed by atoms with E-state index in [0.717, 1.165) is 32.6 Å². The lowest BCUT2D eigenvalue weighted by Gasteiger charge is -2.07. The van der Waals surface area contributed by atoms with E-state index in [1.54, 1.807) is 6.20 Å². The van der Waals surface area contributed by atoms with Gasteiger partial charge in [-0.3, -0.25) is 10.1 Å². The van der Waals surface area contributed by atoms with Crippen molar-refractivity contribution in [2.24, 2.45) is 0 Å². The summed E-state index contributed by atoms with van der Waals surface area (Å²) in [6, 6.07) is 11.9. The minimum atomic E-state index is 0.487. The molecule has 4 nitrogen and oxygen atoms in total. The fourth-order valence-corrected chi connectivity index (χ4v) is 2.69. The van der Waals surface area contributed by atoms with Gasteiger partial charge in [0.15, 0.2) is 5.82 Å². The molecule has 0 unspecified atom stereocenters. The van der Waals surface area contributed by atoms with E-state index in [1.165, 1.54) is 0 Å². The van der Waals surface area contributed by atoms with Gasteiger partial charge in [0.25, 0.3) is 0 Å². The van der Waals surface area contributed by atoms with Crippen LogP contribution in [-0.4, -0.2) is 15.2 Å². The van der Waals surface area contributed by atoms with Gasteiger partial charge in [0.1, 0.15) is 0 Å². The summed E-state index contributed by atoms with van der Waals surface area (Å²) in [7, 11) is 0. The molecule has 2 aromatic heterocycles. The summed E-state index contributed by atoms with van der Waals surface area (Å²) < 4.78 is 0.986. The van der Waals surface area contributed by atoms with Crippen LogP contribution >= 0.6 is 15.9 Å². The number of halogens is 1. The van der Waals surface area contributed by atoms with Gasteiger partial charge < -0.3 is 5.73 Å². The number of hydrogen-bond donors (Lipinski definition) is 2. The highest BCUT2D eigenvalue weighted by atomic mass is 79.9. The number of aromatic nitrogens is 3. The molecule has 0 atom stereocenters. The SMILES string of the molecule is Cc1cc(-c2[nH]nc(N)c2-c2ccccc2Br)ccn1. The maximum absolute atomic E-state index is 6.04. The van der Waals surface area contributed by atoms with Crippen LogP contribution in [0.1, 0.15) is 5.69 Å². The van der Waals surface area contributed by atoms with Crippen molar-refractivity contribution in [3.63, 3.8) is 0 Å². The number of rotatable bonds is 2. The summed E-state index contributed by atoms with van der Waals surface area (Å²) in [6.07, 6.45) is 1.78. The third kappa shape index (κ3) is 2.20. The second kappa shape index (κ2) is 5.09. The molecule has 3 N–H and O–H groups in total. The Morgan fingerprint density at radius 2 is 2.00 bits per heavy atom. The lowest BCUT2D eigenvalue weighted by atomic mass is 10.0. The molecule has 3 rings (SSSR count). The lowest BCUT2D eigenvalue weighted by Crippen LogP contribution is -1.90. The van der Waals surface area contributed by atoms with Gasteiger partial charge in [-0.25, -0.2) is 0 Å². The third-order valence-corrected chi connectivity index (χ3v) is 3.81. The molecule has 5 heteroatoms. The van der Waals surface area contributed by atoms with Crippen LogP contribution in [0.2, 0.25) is 0 Å². The Hall–Kier alpha value is -2.14. The average Bonchev–Trinajstić information content (AvgIpc) is 2.81. The zero-order valence-electron chi connectivity index (χ0n) is 10.9. The number of nitrogen functional groups attached to an aromatic ring is 1. The van der Waals surface area contributed by atoms with Crippen LogP contribution in [0.3, 0.4) is 0 Å². The van der Waals surface area contributed by atoms with Gasteiger partial charge in [-0.2, -0.15) is 5.10 Å². The standard InChI is InChI=1S/C15H13BrN4/c1-9-8-10(6-7-18-9)14-13(15(17)20-19-14)11-4-2-3-5-12(11)16/h2-8H,1H3,(H3,17,19,20). The molecule has 0 aliphatic heterocycles. The maximum atomic E-state index is 6.04. The molecule has 1 aromatic carbocycles. The first kappa shape index (κ1) is 12.9. The molecular weight excluding hydrogens is 316 g/mol. The summed E-state index contributed by atoms with van der Waals surface area (Å²) in [4.78, 5) is 4.22. The van der Waals surface area contributed by atoms with Crippen molar-refractivity contribution in [1.29, 1.82) is 0 Å². The number of nitrogens with zero attached hydrogens (tertiary/aromatic N) is 2. The average molecular weight is 329 g/mol. The van der Waals surface area contributed by atoms with Crippen molar-refractivity contribution in [3.05, 3.63) is 52.8 Å². The molecule has 100 valence electrons. The first-order valence-electron chi connectivity index (χ1n) is 6.18. The normalized spacial score (nSPS) is 10.7. The molecule has 3 aromatic rings. The first-order chi connectivity index (χ1) is 9.66. The fourth-order valence-electron chi connectivity index (χ4n) is 2.20. The molecule has 0 spiro atoms. The Balaban J connectivity index is 2.23. The van der Waals surface area contributed by atoms with E-state index < -0.39 is 0 Å². The Labute approximate surface area is 125 Å². The third-order valence-electron chi connectivity index (χ3n) is 3.12. The molecule has 2 heterocycles.